The van der Waals surface area contributed by atoms with Gasteiger partial charge in [0.05, 0.1) is 12.9 Å². The number of nitrogen functional groups attached to an aromatic ring is 1. The number of aryl methyl sites for hydroxylation is 1. The monoisotopic (exact) mass is 331 g/mol. The predicted octanol–water partition coefficient (Wildman–Crippen LogP) is 1.46. The molecule has 0 aliphatic carbocycles. The van der Waals surface area contributed by atoms with Crippen LogP contribution in [0.15, 0.2) is 34.1 Å². The lowest BCUT2D eigenvalue weighted by molar-refractivity contribution is 0.553. The topological polar surface area (TPSA) is 98.7 Å². The van der Waals surface area contributed by atoms with E-state index in [1.165, 1.54) is 29.1 Å². The molecule has 0 fully saturated rings. The van der Waals surface area contributed by atoms with Crippen molar-refractivity contribution in [3.8, 4) is 0 Å². The third-order valence-electron chi connectivity index (χ3n) is 3.93. The average Bonchev–Trinajstić information content (AvgIpc) is 3.04. The van der Waals surface area contributed by atoms with Crippen molar-refractivity contribution in [2.24, 2.45) is 0 Å². The zero-order valence-corrected chi connectivity index (χ0v) is 13.3. The number of hydrogen-bond acceptors (Lipinski definition) is 4. The zero-order valence-electron chi connectivity index (χ0n) is 13.3. The highest BCUT2D eigenvalue weighted by atomic mass is 19.1. The van der Waals surface area contributed by atoms with E-state index in [1.807, 2.05) is 6.92 Å². The van der Waals surface area contributed by atoms with Gasteiger partial charge in [0.2, 0.25) is 0 Å². The summed E-state index contributed by atoms with van der Waals surface area (Å²) in [6, 6.07) is 4.08. The lowest BCUT2D eigenvalue weighted by Crippen LogP contribution is -2.40. The van der Waals surface area contributed by atoms with E-state index in [2.05, 4.69) is 9.97 Å². The number of halogens is 1. The molecule has 1 aromatic carbocycles. The van der Waals surface area contributed by atoms with Crippen LogP contribution in [-0.2, 0) is 13.1 Å². The van der Waals surface area contributed by atoms with Gasteiger partial charge in [-0.05, 0) is 24.6 Å². The van der Waals surface area contributed by atoms with Crippen LogP contribution in [0, 0.1) is 5.82 Å². The van der Waals surface area contributed by atoms with Gasteiger partial charge in [-0.1, -0.05) is 13.3 Å². The Hall–Kier alpha value is -2.90. The van der Waals surface area contributed by atoms with E-state index in [0.29, 0.717) is 17.9 Å². The van der Waals surface area contributed by atoms with Crippen LogP contribution in [0.5, 0.6) is 0 Å². The molecule has 7 nitrogen and oxygen atoms in total. The fourth-order valence-corrected chi connectivity index (χ4v) is 2.65. The van der Waals surface area contributed by atoms with Gasteiger partial charge in [-0.25, -0.2) is 14.2 Å². The van der Waals surface area contributed by atoms with Crippen molar-refractivity contribution in [2.45, 2.75) is 32.9 Å². The number of aromatic nitrogens is 4. The molecule has 2 heterocycles. The molecular weight excluding hydrogens is 313 g/mol. The molecule has 0 spiro atoms. The summed E-state index contributed by atoms with van der Waals surface area (Å²) in [5.74, 6) is -0.514. The summed E-state index contributed by atoms with van der Waals surface area (Å²) < 4.78 is 16.4. The van der Waals surface area contributed by atoms with E-state index in [1.54, 1.807) is 0 Å². The Morgan fingerprint density at radius 3 is 2.83 bits per heavy atom. The molecule has 0 bridgehead atoms. The lowest BCUT2D eigenvalue weighted by Gasteiger charge is -2.12. The zero-order chi connectivity index (χ0) is 17.3. The molecule has 0 radical (unpaired) electrons. The maximum Gasteiger partial charge on any atom is 0.333 e. The predicted molar refractivity (Wildman–Crippen MR) is 89.4 cm³/mol. The van der Waals surface area contributed by atoms with E-state index >= 15 is 0 Å². The third kappa shape index (κ3) is 2.70. The van der Waals surface area contributed by atoms with Gasteiger partial charge in [0.15, 0.2) is 5.65 Å². The number of aromatic amines is 1. The van der Waals surface area contributed by atoms with Gasteiger partial charge in [-0.3, -0.25) is 13.9 Å². The van der Waals surface area contributed by atoms with Crippen molar-refractivity contribution in [2.75, 3.05) is 5.73 Å². The number of nitrogens with two attached hydrogens (primary N) is 1. The minimum atomic E-state index is -0.526. The number of benzene rings is 1. The normalized spacial score (nSPS) is 11.2. The minimum Gasteiger partial charge on any atom is -0.399 e. The average molecular weight is 331 g/mol. The fourth-order valence-electron chi connectivity index (χ4n) is 2.65. The van der Waals surface area contributed by atoms with Gasteiger partial charge in [0, 0.05) is 17.8 Å². The number of H-pyrrole nitrogens is 1. The van der Waals surface area contributed by atoms with Crippen LogP contribution in [0.4, 0.5) is 10.1 Å². The number of rotatable bonds is 5. The van der Waals surface area contributed by atoms with Crippen molar-refractivity contribution in [1.29, 1.82) is 0 Å². The Balaban J connectivity index is 2.18. The molecule has 126 valence electrons. The van der Waals surface area contributed by atoms with Gasteiger partial charge in [-0.2, -0.15) is 0 Å². The molecule has 0 unspecified atom stereocenters. The van der Waals surface area contributed by atoms with Crippen molar-refractivity contribution in [1.82, 2.24) is 19.1 Å². The summed E-state index contributed by atoms with van der Waals surface area (Å²) >= 11 is 0. The van der Waals surface area contributed by atoms with Gasteiger partial charge < -0.3 is 10.7 Å². The first-order chi connectivity index (χ1) is 11.5. The number of unbranched alkanes of at least 4 members (excludes halogenated alkanes) is 1. The second-order valence-electron chi connectivity index (χ2n) is 5.63. The number of hydrogen-bond donors (Lipinski definition) is 2. The second-order valence-corrected chi connectivity index (χ2v) is 5.63. The van der Waals surface area contributed by atoms with Crippen LogP contribution in [0.1, 0.15) is 25.3 Å². The fraction of sp³-hybridized carbons (Fsp3) is 0.312. The van der Waals surface area contributed by atoms with Crippen LogP contribution in [0.3, 0.4) is 0 Å². The third-order valence-corrected chi connectivity index (χ3v) is 3.93. The summed E-state index contributed by atoms with van der Waals surface area (Å²) in [4.78, 5) is 32.1. The van der Waals surface area contributed by atoms with Crippen molar-refractivity contribution >= 4 is 16.9 Å². The Morgan fingerprint density at radius 2 is 2.08 bits per heavy atom. The highest BCUT2D eigenvalue weighted by Gasteiger charge is 2.16. The van der Waals surface area contributed by atoms with Gasteiger partial charge in [0.1, 0.15) is 11.3 Å². The number of imidazole rings is 1. The van der Waals surface area contributed by atoms with E-state index < -0.39 is 17.1 Å². The SMILES string of the molecule is CCCCn1c(=O)n(Cc2cc(N)ccc2F)c(=O)c2[nH]cnc21. The molecule has 3 N–H and O–H groups in total. The maximum atomic E-state index is 14.0. The van der Waals surface area contributed by atoms with Crippen molar-refractivity contribution < 1.29 is 4.39 Å². The maximum absolute atomic E-state index is 14.0. The molecule has 0 saturated heterocycles. The van der Waals surface area contributed by atoms with Crippen LogP contribution < -0.4 is 17.0 Å². The van der Waals surface area contributed by atoms with Crippen LogP contribution >= 0.6 is 0 Å². The largest absolute Gasteiger partial charge is 0.399 e. The second kappa shape index (κ2) is 6.31. The molecular formula is C16H18FN5O2. The first-order valence-corrected chi connectivity index (χ1v) is 7.73. The summed E-state index contributed by atoms with van der Waals surface area (Å²) in [6.45, 7) is 2.26. The highest BCUT2D eigenvalue weighted by Crippen LogP contribution is 2.13. The standard InChI is InChI=1S/C16H18FN5O2/c1-2-3-6-21-14-13(19-9-20-14)15(23)22(16(21)24)8-10-7-11(18)4-5-12(10)17/h4-5,7,9H,2-3,6,8,18H2,1H3,(H,19,20). The molecule has 0 amide bonds. The summed E-state index contributed by atoms with van der Waals surface area (Å²) in [5.41, 5.74) is 5.75. The molecule has 0 saturated carbocycles. The number of nitrogens with zero attached hydrogens (tertiary/aromatic N) is 3. The van der Waals surface area contributed by atoms with Crippen LogP contribution in [0.2, 0.25) is 0 Å². The number of fused-ring (bicyclic) bond motifs is 1. The van der Waals surface area contributed by atoms with Gasteiger partial charge in [-0.15, -0.1) is 0 Å². The van der Waals surface area contributed by atoms with Crippen molar-refractivity contribution in [3.05, 3.63) is 56.7 Å². The van der Waals surface area contributed by atoms with E-state index in [-0.39, 0.29) is 17.6 Å². The number of anilines is 1. The smallest absolute Gasteiger partial charge is 0.333 e. The Labute approximate surface area is 136 Å². The Bertz CT molecular complexity index is 1000. The molecule has 8 heteroatoms. The minimum absolute atomic E-state index is 0.185. The van der Waals surface area contributed by atoms with Crippen LogP contribution in [-0.4, -0.2) is 19.1 Å². The summed E-state index contributed by atoms with van der Waals surface area (Å²) in [6.07, 6.45) is 3.04. The molecule has 3 rings (SSSR count). The van der Waals surface area contributed by atoms with Gasteiger partial charge in [0.25, 0.3) is 5.56 Å². The van der Waals surface area contributed by atoms with Gasteiger partial charge >= 0.3 is 5.69 Å². The molecule has 0 aliphatic heterocycles. The van der Waals surface area contributed by atoms with Crippen LogP contribution in [0.25, 0.3) is 11.2 Å². The first-order valence-electron chi connectivity index (χ1n) is 7.73. The Kier molecular flexibility index (Phi) is 4.20. The highest BCUT2D eigenvalue weighted by molar-refractivity contribution is 5.68. The molecule has 3 aromatic rings. The number of nitrogens with one attached hydrogen (secondary N) is 1. The summed E-state index contributed by atoms with van der Waals surface area (Å²) in [5, 5.41) is 0. The first kappa shape index (κ1) is 16.0. The lowest BCUT2D eigenvalue weighted by atomic mass is 10.2. The van der Waals surface area contributed by atoms with E-state index in [9.17, 15) is 14.0 Å². The molecule has 2 aromatic heterocycles. The van der Waals surface area contributed by atoms with Crippen molar-refractivity contribution in [3.63, 3.8) is 0 Å². The summed E-state index contributed by atoms with van der Waals surface area (Å²) in [7, 11) is 0. The molecule has 0 atom stereocenters. The Morgan fingerprint density at radius 1 is 1.29 bits per heavy atom. The quantitative estimate of drug-likeness (QED) is 0.691. The molecule has 0 aliphatic rings. The van der Waals surface area contributed by atoms with E-state index in [4.69, 9.17) is 5.73 Å². The van der Waals surface area contributed by atoms with E-state index in [0.717, 1.165) is 17.4 Å². The molecule has 24 heavy (non-hydrogen) atoms.